The molecule has 136 valence electrons. The van der Waals surface area contributed by atoms with Crippen molar-refractivity contribution in [1.29, 1.82) is 0 Å². The molecular weight excluding hydrogens is 397 g/mol. The van der Waals surface area contributed by atoms with E-state index in [1.165, 1.54) is 12.1 Å². The van der Waals surface area contributed by atoms with Crippen molar-refractivity contribution in [3.05, 3.63) is 28.2 Å². The van der Waals surface area contributed by atoms with E-state index in [0.29, 0.717) is 13.1 Å². The average molecular weight is 417 g/mol. The zero-order valence-corrected chi connectivity index (χ0v) is 16.0. The lowest BCUT2D eigenvalue weighted by atomic mass is 10.1. The summed E-state index contributed by atoms with van der Waals surface area (Å²) in [7, 11) is -3.86. The maximum atomic E-state index is 12.3. The van der Waals surface area contributed by atoms with E-state index in [0.717, 1.165) is 12.8 Å². The van der Waals surface area contributed by atoms with E-state index < -0.39 is 10.0 Å². The van der Waals surface area contributed by atoms with Crippen molar-refractivity contribution in [2.75, 3.05) is 19.6 Å². The molecule has 1 aliphatic rings. The second-order valence-corrected chi connectivity index (χ2v) is 7.93. The van der Waals surface area contributed by atoms with Gasteiger partial charge in [0, 0.05) is 32.1 Å². The van der Waals surface area contributed by atoms with Crippen LogP contribution in [-0.2, 0) is 14.8 Å². The minimum absolute atomic E-state index is 0. The topological polar surface area (TPSA) is 92.5 Å². The van der Waals surface area contributed by atoms with Gasteiger partial charge in [0.25, 0.3) is 0 Å². The third kappa shape index (κ3) is 5.47. The van der Waals surface area contributed by atoms with Crippen LogP contribution in [-0.4, -0.2) is 44.9 Å². The number of rotatable bonds is 5. The Hall–Kier alpha value is -0.570. The first-order chi connectivity index (χ1) is 10.8. The number of hydrogen-bond donors (Lipinski definition) is 2. The van der Waals surface area contributed by atoms with Gasteiger partial charge in [-0.05, 0) is 25.0 Å². The number of halogens is 3. The molecule has 0 spiro atoms. The highest BCUT2D eigenvalue weighted by atomic mass is 35.5. The number of sulfonamides is 1. The number of nitrogens with two attached hydrogens (primary N) is 1. The lowest BCUT2D eigenvalue weighted by Crippen LogP contribution is -2.43. The Morgan fingerprint density at radius 2 is 1.79 bits per heavy atom. The first kappa shape index (κ1) is 21.5. The minimum Gasteiger partial charge on any atom is -0.343 e. The van der Waals surface area contributed by atoms with Crippen LogP contribution in [0.1, 0.15) is 19.3 Å². The highest BCUT2D eigenvalue weighted by Crippen LogP contribution is 2.28. The van der Waals surface area contributed by atoms with Crippen LogP contribution in [0.25, 0.3) is 0 Å². The van der Waals surface area contributed by atoms with E-state index in [1.54, 1.807) is 11.0 Å². The molecule has 0 bridgehead atoms. The third-order valence-electron chi connectivity index (χ3n) is 3.71. The molecule has 0 aliphatic carbocycles. The Bertz CT molecular complexity index is 657. The van der Waals surface area contributed by atoms with Gasteiger partial charge in [0.2, 0.25) is 15.9 Å². The molecular formula is C14H20Cl3N3O3S. The average Bonchev–Trinajstić information content (AvgIpc) is 2.47. The van der Waals surface area contributed by atoms with Crippen molar-refractivity contribution in [2.45, 2.75) is 30.2 Å². The summed E-state index contributed by atoms with van der Waals surface area (Å²) in [5.41, 5.74) is 5.79. The molecule has 1 aromatic rings. The number of amides is 1. The van der Waals surface area contributed by atoms with Gasteiger partial charge in [0.05, 0.1) is 10.0 Å². The minimum atomic E-state index is -3.86. The Morgan fingerprint density at radius 3 is 2.33 bits per heavy atom. The molecule has 1 fully saturated rings. The standard InChI is InChI=1S/C14H19Cl2N3O3S.ClH/c15-11-2-1-3-12(16)14(11)23(21,22)18-7-4-13(20)19-8-5-10(17)6-9-19;/h1-3,10,18H,4-9,17H2;1H. The van der Waals surface area contributed by atoms with E-state index in [4.69, 9.17) is 28.9 Å². The molecule has 0 saturated carbocycles. The zero-order chi connectivity index (χ0) is 17.0. The highest BCUT2D eigenvalue weighted by Gasteiger charge is 2.23. The Balaban J connectivity index is 0.00000288. The summed E-state index contributed by atoms with van der Waals surface area (Å²) < 4.78 is 26.9. The van der Waals surface area contributed by atoms with Gasteiger partial charge in [-0.2, -0.15) is 0 Å². The van der Waals surface area contributed by atoms with E-state index in [1.807, 2.05) is 0 Å². The number of likely N-dealkylation sites (tertiary alicyclic amines) is 1. The SMILES string of the molecule is Cl.NC1CCN(C(=O)CCNS(=O)(=O)c2c(Cl)cccc2Cl)CC1. The second-order valence-electron chi connectivity index (χ2n) is 5.42. The number of hydrogen-bond acceptors (Lipinski definition) is 4. The van der Waals surface area contributed by atoms with Crippen LogP contribution in [0.3, 0.4) is 0 Å². The van der Waals surface area contributed by atoms with Crippen LogP contribution >= 0.6 is 35.6 Å². The monoisotopic (exact) mass is 415 g/mol. The maximum absolute atomic E-state index is 12.3. The molecule has 0 unspecified atom stereocenters. The van der Waals surface area contributed by atoms with E-state index in [9.17, 15) is 13.2 Å². The summed E-state index contributed by atoms with van der Waals surface area (Å²) in [5, 5.41) is 0.0858. The predicted octanol–water partition coefficient (Wildman–Crippen LogP) is 2.03. The molecule has 10 heteroatoms. The van der Waals surface area contributed by atoms with Gasteiger partial charge in [-0.15, -0.1) is 12.4 Å². The molecule has 0 aromatic heterocycles. The van der Waals surface area contributed by atoms with E-state index >= 15 is 0 Å². The Labute approximate surface area is 158 Å². The first-order valence-electron chi connectivity index (χ1n) is 7.28. The molecule has 6 nitrogen and oxygen atoms in total. The number of carbonyl (C=O) groups is 1. The molecule has 1 aromatic carbocycles. The molecule has 0 atom stereocenters. The van der Waals surface area contributed by atoms with Crippen molar-refractivity contribution >= 4 is 51.5 Å². The fourth-order valence-corrected chi connectivity index (χ4v) is 4.58. The number of nitrogens with one attached hydrogen (secondary N) is 1. The van der Waals surface area contributed by atoms with Crippen molar-refractivity contribution in [2.24, 2.45) is 5.73 Å². The molecule has 0 radical (unpaired) electrons. The number of nitrogens with zero attached hydrogens (tertiary/aromatic N) is 1. The van der Waals surface area contributed by atoms with Gasteiger partial charge in [0.1, 0.15) is 4.90 Å². The van der Waals surface area contributed by atoms with Crippen molar-refractivity contribution in [1.82, 2.24) is 9.62 Å². The third-order valence-corrected chi connectivity index (χ3v) is 6.13. The number of benzene rings is 1. The Kier molecular flexibility index (Phi) is 8.25. The molecule has 3 N–H and O–H groups in total. The zero-order valence-electron chi connectivity index (χ0n) is 12.9. The van der Waals surface area contributed by atoms with Crippen molar-refractivity contribution in [3.63, 3.8) is 0 Å². The van der Waals surface area contributed by atoms with Crippen LogP contribution in [0, 0.1) is 0 Å². The largest absolute Gasteiger partial charge is 0.343 e. The lowest BCUT2D eigenvalue weighted by Gasteiger charge is -2.30. The van der Waals surface area contributed by atoms with Crippen LogP contribution < -0.4 is 10.5 Å². The van der Waals surface area contributed by atoms with E-state index in [2.05, 4.69) is 4.72 Å². The molecule has 1 heterocycles. The fraction of sp³-hybridized carbons (Fsp3) is 0.500. The summed E-state index contributed by atoms with van der Waals surface area (Å²) in [5.74, 6) is -0.0927. The van der Waals surface area contributed by atoms with Gasteiger partial charge in [-0.25, -0.2) is 13.1 Å². The fourth-order valence-electron chi connectivity index (χ4n) is 2.41. The van der Waals surface area contributed by atoms with Gasteiger partial charge < -0.3 is 10.6 Å². The Morgan fingerprint density at radius 1 is 1.25 bits per heavy atom. The van der Waals surface area contributed by atoms with Crippen LogP contribution in [0.4, 0.5) is 0 Å². The molecule has 1 saturated heterocycles. The summed E-state index contributed by atoms with van der Waals surface area (Å²) in [6.45, 7) is 1.22. The molecule has 24 heavy (non-hydrogen) atoms. The first-order valence-corrected chi connectivity index (χ1v) is 9.52. The number of carbonyl (C=O) groups excluding carboxylic acids is 1. The smallest absolute Gasteiger partial charge is 0.243 e. The van der Waals surface area contributed by atoms with Gasteiger partial charge in [0.15, 0.2) is 0 Å². The van der Waals surface area contributed by atoms with Gasteiger partial charge in [-0.3, -0.25) is 4.79 Å². The van der Waals surface area contributed by atoms with Crippen LogP contribution in [0.5, 0.6) is 0 Å². The molecule has 1 aliphatic heterocycles. The quantitative estimate of drug-likeness (QED) is 0.768. The molecule has 1 amide bonds. The van der Waals surface area contributed by atoms with Crippen molar-refractivity contribution in [3.8, 4) is 0 Å². The highest BCUT2D eigenvalue weighted by molar-refractivity contribution is 7.89. The van der Waals surface area contributed by atoms with Crippen molar-refractivity contribution < 1.29 is 13.2 Å². The van der Waals surface area contributed by atoms with Gasteiger partial charge >= 0.3 is 0 Å². The van der Waals surface area contributed by atoms with E-state index in [-0.39, 0.29) is 52.3 Å². The van der Waals surface area contributed by atoms with Crippen LogP contribution in [0.15, 0.2) is 23.1 Å². The summed E-state index contributed by atoms with van der Waals surface area (Å²) in [6.07, 6.45) is 1.62. The second kappa shape index (κ2) is 9.22. The predicted molar refractivity (Wildman–Crippen MR) is 97.3 cm³/mol. The number of piperidine rings is 1. The maximum Gasteiger partial charge on any atom is 0.243 e. The lowest BCUT2D eigenvalue weighted by molar-refractivity contribution is -0.132. The summed E-state index contributed by atoms with van der Waals surface area (Å²) in [4.78, 5) is 13.6. The van der Waals surface area contributed by atoms with Gasteiger partial charge in [-0.1, -0.05) is 29.3 Å². The summed E-state index contributed by atoms with van der Waals surface area (Å²) >= 11 is 11.8. The molecule has 2 rings (SSSR count). The normalized spacial score (nSPS) is 15.9. The summed E-state index contributed by atoms with van der Waals surface area (Å²) in [6, 6.07) is 4.60. The van der Waals surface area contributed by atoms with Crippen LogP contribution in [0.2, 0.25) is 10.0 Å².